The van der Waals surface area contributed by atoms with Crippen LogP contribution in [0.3, 0.4) is 0 Å². The van der Waals surface area contributed by atoms with Gasteiger partial charge in [0, 0.05) is 17.5 Å². The fourth-order valence-electron chi connectivity index (χ4n) is 3.18. The normalized spacial score (nSPS) is 11.6. The van der Waals surface area contributed by atoms with Gasteiger partial charge in [-0.25, -0.2) is 4.39 Å². The quantitative estimate of drug-likeness (QED) is 0.421. The van der Waals surface area contributed by atoms with Crippen molar-refractivity contribution in [1.82, 2.24) is 15.5 Å². The summed E-state index contributed by atoms with van der Waals surface area (Å²) in [4.78, 5) is 25.8. The van der Waals surface area contributed by atoms with Crippen molar-refractivity contribution in [2.75, 3.05) is 5.32 Å². The van der Waals surface area contributed by atoms with Crippen LogP contribution in [0.4, 0.5) is 9.52 Å². The van der Waals surface area contributed by atoms with Crippen molar-refractivity contribution in [3.63, 3.8) is 0 Å². The van der Waals surface area contributed by atoms with E-state index in [1.54, 1.807) is 0 Å². The number of hydrogen-bond donors (Lipinski definition) is 2. The van der Waals surface area contributed by atoms with Crippen LogP contribution in [0.1, 0.15) is 21.5 Å². The molecule has 0 saturated carbocycles. The number of aryl methyl sites for hydroxylation is 1. The van der Waals surface area contributed by atoms with E-state index in [2.05, 4.69) is 20.8 Å². The average molecular weight is 461 g/mol. The molecule has 0 bridgehead atoms. The number of carbonyl (C=O) groups is 2. The Bertz CT molecular complexity index is 1240. The number of aromatic nitrogens is 2. The predicted molar refractivity (Wildman–Crippen MR) is 127 cm³/mol. The first-order valence-electron chi connectivity index (χ1n) is 10.3. The highest BCUT2D eigenvalue weighted by atomic mass is 32.1. The second kappa shape index (κ2) is 10.1. The van der Waals surface area contributed by atoms with Crippen LogP contribution >= 0.6 is 11.3 Å². The summed E-state index contributed by atoms with van der Waals surface area (Å²) in [5, 5.41) is 14.8. The number of anilines is 1. The van der Waals surface area contributed by atoms with E-state index < -0.39 is 23.7 Å². The molecule has 166 valence electrons. The summed E-state index contributed by atoms with van der Waals surface area (Å²) >= 11 is 1.25. The van der Waals surface area contributed by atoms with E-state index in [-0.39, 0.29) is 12.0 Å². The number of halogens is 1. The molecule has 1 aromatic heterocycles. The molecule has 4 rings (SSSR count). The van der Waals surface area contributed by atoms with Crippen LogP contribution in [0.25, 0.3) is 10.6 Å². The van der Waals surface area contributed by atoms with Gasteiger partial charge in [0.05, 0.1) is 0 Å². The second-order valence-corrected chi connectivity index (χ2v) is 8.47. The van der Waals surface area contributed by atoms with Crippen molar-refractivity contribution in [1.29, 1.82) is 0 Å². The molecule has 2 amide bonds. The minimum absolute atomic E-state index is 0.264. The monoisotopic (exact) mass is 460 g/mol. The van der Waals surface area contributed by atoms with Crippen molar-refractivity contribution < 1.29 is 14.0 Å². The molecule has 1 heterocycles. The molecule has 1 unspecified atom stereocenters. The van der Waals surface area contributed by atoms with Crippen molar-refractivity contribution in [3.8, 4) is 10.6 Å². The third-order valence-electron chi connectivity index (χ3n) is 4.96. The molecule has 3 aromatic carbocycles. The van der Waals surface area contributed by atoms with Crippen molar-refractivity contribution >= 4 is 28.3 Å². The fourth-order valence-corrected chi connectivity index (χ4v) is 3.93. The minimum Gasteiger partial charge on any atom is -0.340 e. The number of amides is 2. The first-order valence-corrected chi connectivity index (χ1v) is 11.1. The highest BCUT2D eigenvalue weighted by Gasteiger charge is 2.23. The molecule has 0 spiro atoms. The van der Waals surface area contributed by atoms with Gasteiger partial charge in [0.1, 0.15) is 16.9 Å². The Morgan fingerprint density at radius 2 is 1.64 bits per heavy atom. The smallest absolute Gasteiger partial charge is 0.251 e. The number of benzene rings is 3. The van der Waals surface area contributed by atoms with Crippen LogP contribution in [0.5, 0.6) is 0 Å². The van der Waals surface area contributed by atoms with Gasteiger partial charge in [0.2, 0.25) is 11.0 Å². The van der Waals surface area contributed by atoms with Crippen LogP contribution in [-0.4, -0.2) is 28.1 Å². The summed E-state index contributed by atoms with van der Waals surface area (Å²) in [5.41, 5.74) is 3.19. The number of nitrogens with one attached hydrogen (secondary N) is 2. The lowest BCUT2D eigenvalue weighted by Gasteiger charge is -2.18. The summed E-state index contributed by atoms with van der Waals surface area (Å²) in [5.74, 6) is -1.32. The van der Waals surface area contributed by atoms with E-state index in [4.69, 9.17) is 0 Å². The molecule has 0 saturated heterocycles. The first kappa shape index (κ1) is 22.3. The molecular weight excluding hydrogens is 439 g/mol. The van der Waals surface area contributed by atoms with Gasteiger partial charge < -0.3 is 5.32 Å². The minimum atomic E-state index is -0.864. The third kappa shape index (κ3) is 5.87. The lowest BCUT2D eigenvalue weighted by atomic mass is 10.0. The van der Waals surface area contributed by atoms with E-state index in [0.29, 0.717) is 10.1 Å². The molecule has 0 aliphatic heterocycles. The van der Waals surface area contributed by atoms with Gasteiger partial charge in [-0.15, -0.1) is 10.2 Å². The van der Waals surface area contributed by atoms with Crippen LogP contribution in [0.2, 0.25) is 0 Å². The van der Waals surface area contributed by atoms with Crippen molar-refractivity contribution in [2.24, 2.45) is 0 Å². The Hall–Kier alpha value is -3.91. The van der Waals surface area contributed by atoms with E-state index >= 15 is 0 Å². The molecule has 2 N–H and O–H groups in total. The highest BCUT2D eigenvalue weighted by molar-refractivity contribution is 7.18. The number of hydrogen-bond acceptors (Lipinski definition) is 5. The Morgan fingerprint density at radius 3 is 2.33 bits per heavy atom. The maximum absolute atomic E-state index is 13.2. The van der Waals surface area contributed by atoms with Gasteiger partial charge in [0.15, 0.2) is 0 Å². The number of rotatable bonds is 7. The number of carbonyl (C=O) groups excluding carboxylic acids is 2. The van der Waals surface area contributed by atoms with Gasteiger partial charge in [0.25, 0.3) is 5.91 Å². The summed E-state index contributed by atoms with van der Waals surface area (Å²) in [6.07, 6.45) is 0.281. The lowest BCUT2D eigenvalue weighted by Crippen LogP contribution is -2.45. The Kier molecular flexibility index (Phi) is 6.85. The van der Waals surface area contributed by atoms with E-state index in [0.717, 1.165) is 16.7 Å². The Morgan fingerprint density at radius 1 is 0.939 bits per heavy atom. The van der Waals surface area contributed by atoms with Crippen molar-refractivity contribution in [3.05, 3.63) is 101 Å². The SMILES string of the molecule is Cc1ccc(-c2nnc(NC(=O)C(Cc3ccccc3)NC(=O)c3ccc(F)cc3)s2)cc1. The molecule has 0 fully saturated rings. The largest absolute Gasteiger partial charge is 0.340 e. The highest BCUT2D eigenvalue weighted by Crippen LogP contribution is 2.26. The van der Waals surface area contributed by atoms with Crippen LogP contribution < -0.4 is 10.6 Å². The Labute approximate surface area is 194 Å². The average Bonchev–Trinajstić information content (AvgIpc) is 3.28. The molecule has 33 heavy (non-hydrogen) atoms. The number of nitrogens with zero attached hydrogens (tertiary/aromatic N) is 2. The molecule has 0 aliphatic carbocycles. The maximum Gasteiger partial charge on any atom is 0.251 e. The van der Waals surface area contributed by atoms with E-state index in [9.17, 15) is 14.0 Å². The maximum atomic E-state index is 13.2. The summed E-state index contributed by atoms with van der Waals surface area (Å²) in [7, 11) is 0. The molecule has 0 aliphatic rings. The van der Waals surface area contributed by atoms with Crippen LogP contribution in [0.15, 0.2) is 78.9 Å². The fraction of sp³-hybridized carbons (Fsp3) is 0.120. The van der Waals surface area contributed by atoms with Gasteiger partial charge in [-0.2, -0.15) is 0 Å². The molecule has 1 atom stereocenters. The van der Waals surface area contributed by atoms with E-state index in [1.165, 1.54) is 35.6 Å². The van der Waals surface area contributed by atoms with Crippen LogP contribution in [0, 0.1) is 12.7 Å². The summed E-state index contributed by atoms with van der Waals surface area (Å²) in [6.45, 7) is 2.00. The van der Waals surface area contributed by atoms with Crippen LogP contribution in [-0.2, 0) is 11.2 Å². The second-order valence-electron chi connectivity index (χ2n) is 7.49. The standard InChI is InChI=1S/C25H21FN4O2S/c1-16-7-9-19(10-8-16)24-29-30-25(33-24)28-23(32)21(15-17-5-3-2-4-6-17)27-22(31)18-11-13-20(26)14-12-18/h2-14,21H,15H2,1H3,(H,27,31)(H,28,30,32). The molecule has 0 radical (unpaired) electrons. The molecular formula is C25H21FN4O2S. The summed E-state index contributed by atoms with van der Waals surface area (Å²) < 4.78 is 13.2. The zero-order valence-electron chi connectivity index (χ0n) is 17.8. The molecule has 6 nitrogen and oxygen atoms in total. The summed E-state index contributed by atoms with van der Waals surface area (Å²) in [6, 6.07) is 21.5. The van der Waals surface area contributed by atoms with Gasteiger partial charge in [-0.05, 0) is 36.8 Å². The lowest BCUT2D eigenvalue weighted by molar-refractivity contribution is -0.118. The van der Waals surface area contributed by atoms with Gasteiger partial charge in [-0.3, -0.25) is 14.9 Å². The Balaban J connectivity index is 1.50. The predicted octanol–water partition coefficient (Wildman–Crippen LogP) is 4.63. The zero-order chi connectivity index (χ0) is 23.2. The molecule has 8 heteroatoms. The topological polar surface area (TPSA) is 84.0 Å². The molecule has 4 aromatic rings. The van der Waals surface area contributed by atoms with E-state index in [1.807, 2.05) is 61.5 Å². The van der Waals surface area contributed by atoms with Gasteiger partial charge in [-0.1, -0.05) is 71.5 Å². The third-order valence-corrected chi connectivity index (χ3v) is 5.85. The zero-order valence-corrected chi connectivity index (χ0v) is 18.6. The first-order chi connectivity index (χ1) is 16.0. The van der Waals surface area contributed by atoms with Gasteiger partial charge >= 0.3 is 0 Å². The van der Waals surface area contributed by atoms with Crippen molar-refractivity contribution in [2.45, 2.75) is 19.4 Å².